The van der Waals surface area contributed by atoms with Crippen molar-refractivity contribution in [3.8, 4) is 5.75 Å². The molecule has 114 valence electrons. The van der Waals surface area contributed by atoms with E-state index in [4.69, 9.17) is 5.11 Å². The van der Waals surface area contributed by atoms with Crippen LogP contribution in [-0.2, 0) is 4.79 Å². The van der Waals surface area contributed by atoms with Crippen LogP contribution < -0.4 is 5.32 Å². The zero-order valence-electron chi connectivity index (χ0n) is 11.4. The van der Waals surface area contributed by atoms with Gasteiger partial charge in [0.15, 0.2) is 5.75 Å². The second kappa shape index (κ2) is 7.22. The lowest BCUT2D eigenvalue weighted by atomic mass is 10.1. The van der Waals surface area contributed by atoms with Crippen molar-refractivity contribution in [2.45, 2.75) is 32.2 Å². The van der Waals surface area contributed by atoms with Crippen LogP contribution in [0.3, 0.4) is 0 Å². The number of hydrogen-bond donors (Lipinski definition) is 3. The quantitative estimate of drug-likeness (QED) is 0.518. The highest BCUT2D eigenvalue weighted by molar-refractivity contribution is 5.97. The first-order valence-electron chi connectivity index (χ1n) is 6.37. The summed E-state index contributed by atoms with van der Waals surface area (Å²) < 4.78 is 0. The zero-order valence-corrected chi connectivity index (χ0v) is 11.4. The fourth-order valence-electron chi connectivity index (χ4n) is 1.73. The molecule has 1 aromatic carbocycles. The Morgan fingerprint density at radius 1 is 1.43 bits per heavy atom. The van der Waals surface area contributed by atoms with Gasteiger partial charge in [0.2, 0.25) is 0 Å². The van der Waals surface area contributed by atoms with Crippen LogP contribution in [0.5, 0.6) is 5.75 Å². The van der Waals surface area contributed by atoms with Gasteiger partial charge in [-0.15, -0.1) is 0 Å². The Morgan fingerprint density at radius 2 is 2.10 bits per heavy atom. The van der Waals surface area contributed by atoms with Crippen LogP contribution in [0.2, 0.25) is 0 Å². The highest BCUT2D eigenvalue weighted by Crippen LogP contribution is 2.26. The van der Waals surface area contributed by atoms with E-state index >= 15 is 0 Å². The molecule has 1 atom stereocenters. The molecule has 0 heterocycles. The third kappa shape index (κ3) is 4.44. The number of carbonyl (C=O) groups is 2. The van der Waals surface area contributed by atoms with Crippen LogP contribution >= 0.6 is 0 Å². The number of phenols is 1. The predicted octanol–water partition coefficient (Wildman–Crippen LogP) is 1.67. The number of unbranched alkanes of at least 4 members (excludes halogenated alkanes) is 1. The molecular weight excluding hydrogens is 280 g/mol. The molecule has 1 aromatic rings. The maximum atomic E-state index is 11.9. The van der Waals surface area contributed by atoms with E-state index in [9.17, 15) is 24.8 Å². The first-order valence-corrected chi connectivity index (χ1v) is 6.37. The van der Waals surface area contributed by atoms with Gasteiger partial charge in [-0.2, -0.15) is 0 Å². The molecule has 0 aliphatic heterocycles. The summed E-state index contributed by atoms with van der Waals surface area (Å²) in [6.45, 7) is 1.90. The molecule has 3 N–H and O–H groups in total. The van der Waals surface area contributed by atoms with E-state index in [0.29, 0.717) is 6.42 Å². The molecule has 0 aromatic heterocycles. The van der Waals surface area contributed by atoms with Crippen molar-refractivity contribution in [3.63, 3.8) is 0 Å². The number of phenolic OH excluding ortho intramolecular Hbond substituents is 1. The Labute approximate surface area is 120 Å². The number of aromatic hydroxyl groups is 1. The zero-order chi connectivity index (χ0) is 16.0. The normalized spacial score (nSPS) is 11.7. The van der Waals surface area contributed by atoms with Crippen LogP contribution in [0.1, 0.15) is 36.5 Å². The van der Waals surface area contributed by atoms with Crippen LogP contribution in [0, 0.1) is 10.1 Å². The van der Waals surface area contributed by atoms with Gasteiger partial charge < -0.3 is 15.5 Å². The summed E-state index contributed by atoms with van der Waals surface area (Å²) in [5.41, 5.74) is -0.562. The maximum absolute atomic E-state index is 11.9. The number of carboxylic acid groups (broad SMARTS) is 1. The number of benzene rings is 1. The van der Waals surface area contributed by atoms with Gasteiger partial charge in [-0.3, -0.25) is 14.9 Å². The molecule has 8 nitrogen and oxygen atoms in total. The van der Waals surface area contributed by atoms with Crippen molar-refractivity contribution in [1.82, 2.24) is 5.32 Å². The third-order valence-corrected chi connectivity index (χ3v) is 2.88. The van der Waals surface area contributed by atoms with Crippen LogP contribution in [0.15, 0.2) is 18.2 Å². The summed E-state index contributed by atoms with van der Waals surface area (Å²) in [6.07, 6.45) is 1.72. The third-order valence-electron chi connectivity index (χ3n) is 2.88. The molecule has 0 spiro atoms. The topological polar surface area (TPSA) is 130 Å². The average molecular weight is 296 g/mol. The van der Waals surface area contributed by atoms with E-state index in [2.05, 4.69) is 5.32 Å². The molecule has 0 bridgehead atoms. The number of hydrogen-bond acceptors (Lipinski definition) is 5. The number of nitrogens with zero attached hydrogens (tertiary/aromatic N) is 1. The molecule has 0 saturated carbocycles. The number of nitro groups is 1. The molecule has 0 radical (unpaired) electrons. The lowest BCUT2D eigenvalue weighted by Crippen LogP contribution is -2.40. The van der Waals surface area contributed by atoms with E-state index in [0.717, 1.165) is 24.6 Å². The summed E-state index contributed by atoms with van der Waals surface area (Å²) >= 11 is 0. The number of nitrogens with one attached hydrogen (secondary N) is 1. The van der Waals surface area contributed by atoms with E-state index < -0.39 is 34.3 Å². The van der Waals surface area contributed by atoms with E-state index in [1.54, 1.807) is 0 Å². The van der Waals surface area contributed by atoms with Crippen molar-refractivity contribution < 1.29 is 24.7 Å². The highest BCUT2D eigenvalue weighted by Gasteiger charge is 2.21. The smallest absolute Gasteiger partial charge is 0.326 e. The SMILES string of the molecule is CCCC[C@H](NC(=O)c1ccc([N+](=O)[O-])c(O)c1)C(=O)O. The number of aliphatic carboxylic acids is 1. The number of carbonyl (C=O) groups excluding carboxylic acids is 1. The highest BCUT2D eigenvalue weighted by atomic mass is 16.6. The van der Waals surface area contributed by atoms with Gasteiger partial charge in [0, 0.05) is 11.6 Å². The standard InChI is InChI=1S/C13H16N2O6/c1-2-3-4-9(13(18)19)14-12(17)8-5-6-10(15(20)21)11(16)7-8/h5-7,9,16H,2-4H2,1H3,(H,14,17)(H,18,19)/t9-/m0/s1. The first kappa shape index (κ1) is 16.4. The van der Waals surface area contributed by atoms with Crippen LogP contribution in [0.25, 0.3) is 0 Å². The maximum Gasteiger partial charge on any atom is 0.326 e. The fraction of sp³-hybridized carbons (Fsp3) is 0.385. The summed E-state index contributed by atoms with van der Waals surface area (Å²) in [6, 6.07) is 2.05. The fourth-order valence-corrected chi connectivity index (χ4v) is 1.73. The molecule has 1 rings (SSSR count). The minimum Gasteiger partial charge on any atom is -0.502 e. The summed E-state index contributed by atoms with van der Waals surface area (Å²) in [7, 11) is 0. The van der Waals surface area contributed by atoms with Gasteiger partial charge in [0.1, 0.15) is 6.04 Å². The Kier molecular flexibility index (Phi) is 5.65. The van der Waals surface area contributed by atoms with Gasteiger partial charge in [-0.25, -0.2) is 4.79 Å². The van der Waals surface area contributed by atoms with Crippen molar-refractivity contribution in [2.24, 2.45) is 0 Å². The summed E-state index contributed by atoms with van der Waals surface area (Å²) in [5.74, 6) is -2.50. The minimum absolute atomic E-state index is 0.0409. The molecule has 8 heteroatoms. The van der Waals surface area contributed by atoms with Gasteiger partial charge in [-0.1, -0.05) is 19.8 Å². The second-order valence-corrected chi connectivity index (χ2v) is 4.47. The average Bonchev–Trinajstić information content (AvgIpc) is 2.42. The van der Waals surface area contributed by atoms with Crippen molar-refractivity contribution >= 4 is 17.6 Å². The monoisotopic (exact) mass is 296 g/mol. The van der Waals surface area contributed by atoms with E-state index in [-0.39, 0.29) is 12.0 Å². The molecule has 0 saturated heterocycles. The van der Waals surface area contributed by atoms with Crippen molar-refractivity contribution in [1.29, 1.82) is 0 Å². The molecular formula is C13H16N2O6. The van der Waals surface area contributed by atoms with Gasteiger partial charge >= 0.3 is 11.7 Å². The Hall–Kier alpha value is -2.64. The van der Waals surface area contributed by atoms with Crippen molar-refractivity contribution in [3.05, 3.63) is 33.9 Å². The number of amides is 1. The molecule has 0 fully saturated rings. The van der Waals surface area contributed by atoms with Crippen molar-refractivity contribution in [2.75, 3.05) is 0 Å². The molecule has 21 heavy (non-hydrogen) atoms. The van der Waals surface area contributed by atoms with Gasteiger partial charge in [-0.05, 0) is 18.6 Å². The minimum atomic E-state index is -1.15. The predicted molar refractivity (Wildman–Crippen MR) is 73.2 cm³/mol. The van der Waals surface area contributed by atoms with Gasteiger partial charge in [0.25, 0.3) is 5.91 Å². The molecule has 0 aliphatic carbocycles. The second-order valence-electron chi connectivity index (χ2n) is 4.47. The number of rotatable bonds is 7. The molecule has 1 amide bonds. The lowest BCUT2D eigenvalue weighted by Gasteiger charge is -2.14. The Balaban J connectivity index is 2.85. The molecule has 0 unspecified atom stereocenters. The molecule has 0 aliphatic rings. The number of carboxylic acids is 1. The van der Waals surface area contributed by atoms with Crippen LogP contribution in [0.4, 0.5) is 5.69 Å². The lowest BCUT2D eigenvalue weighted by molar-refractivity contribution is -0.385. The Morgan fingerprint density at radius 3 is 2.57 bits per heavy atom. The van der Waals surface area contributed by atoms with E-state index in [1.807, 2.05) is 6.92 Å². The van der Waals surface area contributed by atoms with E-state index in [1.165, 1.54) is 0 Å². The Bertz CT molecular complexity index is 558. The summed E-state index contributed by atoms with van der Waals surface area (Å²) in [5, 5.41) is 31.4. The first-order chi connectivity index (χ1) is 9.86. The summed E-state index contributed by atoms with van der Waals surface area (Å²) in [4.78, 5) is 32.7. The largest absolute Gasteiger partial charge is 0.502 e. The van der Waals surface area contributed by atoms with Gasteiger partial charge in [0.05, 0.1) is 4.92 Å². The number of nitro benzene ring substituents is 1. The van der Waals surface area contributed by atoms with Crippen LogP contribution in [-0.4, -0.2) is 33.1 Å².